The number of hydrogen-bond acceptors (Lipinski definition) is 4. The lowest BCUT2D eigenvalue weighted by atomic mass is 10.2. The molecule has 18 heavy (non-hydrogen) atoms. The third-order valence-electron chi connectivity index (χ3n) is 2.10. The molecule has 92 valence electrons. The first-order valence-corrected chi connectivity index (χ1v) is 6.53. The van der Waals surface area contributed by atoms with E-state index in [1.165, 1.54) is 29.5 Å². The van der Waals surface area contributed by atoms with Gasteiger partial charge in [0.25, 0.3) is 0 Å². The summed E-state index contributed by atoms with van der Waals surface area (Å²) in [5, 5.41) is 10.6. The van der Waals surface area contributed by atoms with Crippen LogP contribution in [0.3, 0.4) is 0 Å². The number of carbonyl (C=O) groups is 2. The van der Waals surface area contributed by atoms with Crippen molar-refractivity contribution in [3.63, 3.8) is 0 Å². The zero-order chi connectivity index (χ0) is 13.1. The standard InChI is InChI=1S/C12H7BrO4S/c13-8-6-7(11(14)15)3-4-9(8)17-12(16)10-2-1-5-18-10/h1-6H,(H,14,15). The predicted octanol–water partition coefficient (Wildman–Crippen LogP) is 3.43. The summed E-state index contributed by atoms with van der Waals surface area (Å²) >= 11 is 4.45. The van der Waals surface area contributed by atoms with Crippen molar-refractivity contribution < 1.29 is 19.4 Å². The molecule has 0 spiro atoms. The van der Waals surface area contributed by atoms with E-state index >= 15 is 0 Å². The van der Waals surface area contributed by atoms with Crippen LogP contribution in [0.4, 0.5) is 0 Å². The molecule has 2 aromatic rings. The average molecular weight is 327 g/mol. The largest absolute Gasteiger partial charge is 0.478 e. The molecule has 4 nitrogen and oxygen atoms in total. The molecular weight excluding hydrogens is 320 g/mol. The Labute approximate surface area is 115 Å². The first kappa shape index (κ1) is 12.8. The van der Waals surface area contributed by atoms with Gasteiger partial charge in [-0.15, -0.1) is 11.3 Å². The molecule has 0 saturated heterocycles. The number of hydrogen-bond donors (Lipinski definition) is 1. The topological polar surface area (TPSA) is 63.6 Å². The van der Waals surface area contributed by atoms with Crippen molar-refractivity contribution in [2.24, 2.45) is 0 Å². The minimum atomic E-state index is -1.04. The number of rotatable bonds is 3. The SMILES string of the molecule is O=C(O)c1ccc(OC(=O)c2cccs2)c(Br)c1. The van der Waals surface area contributed by atoms with Gasteiger partial charge >= 0.3 is 11.9 Å². The fourth-order valence-corrected chi connectivity index (χ4v) is 2.32. The van der Waals surface area contributed by atoms with Gasteiger partial charge in [0.2, 0.25) is 0 Å². The molecule has 0 bridgehead atoms. The zero-order valence-corrected chi connectivity index (χ0v) is 11.3. The van der Waals surface area contributed by atoms with Gasteiger partial charge in [0.15, 0.2) is 0 Å². The van der Waals surface area contributed by atoms with Crippen molar-refractivity contribution in [3.8, 4) is 5.75 Å². The van der Waals surface area contributed by atoms with E-state index in [0.29, 0.717) is 15.1 Å². The Morgan fingerprint density at radius 2 is 2.06 bits per heavy atom. The molecule has 6 heteroatoms. The van der Waals surface area contributed by atoms with Crippen molar-refractivity contribution >= 4 is 39.2 Å². The molecule has 1 N–H and O–H groups in total. The summed E-state index contributed by atoms with van der Waals surface area (Å²) in [6.45, 7) is 0. The maximum absolute atomic E-state index is 11.7. The van der Waals surface area contributed by atoms with Gasteiger partial charge < -0.3 is 9.84 Å². The summed E-state index contributed by atoms with van der Waals surface area (Å²) in [6.07, 6.45) is 0. The van der Waals surface area contributed by atoms with E-state index in [9.17, 15) is 9.59 Å². The average Bonchev–Trinajstić information content (AvgIpc) is 2.85. The van der Waals surface area contributed by atoms with Crippen LogP contribution in [-0.4, -0.2) is 17.0 Å². The number of thiophene rings is 1. The summed E-state index contributed by atoms with van der Waals surface area (Å²) in [5.74, 6) is -1.21. The molecule has 0 atom stereocenters. The van der Waals surface area contributed by atoms with Gasteiger partial charge in [-0.05, 0) is 45.6 Å². The molecule has 0 radical (unpaired) electrons. The Balaban J connectivity index is 2.20. The van der Waals surface area contributed by atoms with E-state index in [-0.39, 0.29) is 5.56 Å². The molecule has 0 unspecified atom stereocenters. The minimum absolute atomic E-state index is 0.123. The molecule has 0 aliphatic rings. The molecule has 1 heterocycles. The fraction of sp³-hybridized carbons (Fsp3) is 0. The van der Waals surface area contributed by atoms with Crippen LogP contribution in [0.1, 0.15) is 20.0 Å². The van der Waals surface area contributed by atoms with Crippen LogP contribution >= 0.6 is 27.3 Å². The van der Waals surface area contributed by atoms with E-state index in [2.05, 4.69) is 15.9 Å². The number of carbonyl (C=O) groups excluding carboxylic acids is 1. The highest BCUT2D eigenvalue weighted by Gasteiger charge is 2.13. The van der Waals surface area contributed by atoms with Gasteiger partial charge in [-0.1, -0.05) is 6.07 Å². The number of ether oxygens (including phenoxy) is 1. The summed E-state index contributed by atoms with van der Waals surface area (Å²) in [5.41, 5.74) is 0.123. The second-order valence-electron chi connectivity index (χ2n) is 3.32. The molecule has 0 fully saturated rings. The van der Waals surface area contributed by atoms with E-state index in [1.807, 2.05) is 0 Å². The first-order valence-electron chi connectivity index (χ1n) is 4.86. The van der Waals surface area contributed by atoms with Crippen LogP contribution in [0.5, 0.6) is 5.75 Å². The Bertz CT molecular complexity index is 592. The van der Waals surface area contributed by atoms with Crippen LogP contribution in [-0.2, 0) is 0 Å². The van der Waals surface area contributed by atoms with Gasteiger partial charge in [0.1, 0.15) is 10.6 Å². The number of carboxylic acids is 1. The Morgan fingerprint density at radius 3 is 2.61 bits per heavy atom. The van der Waals surface area contributed by atoms with Crippen molar-refractivity contribution in [2.45, 2.75) is 0 Å². The number of aromatic carboxylic acids is 1. The van der Waals surface area contributed by atoms with E-state index in [0.717, 1.165) is 0 Å². The van der Waals surface area contributed by atoms with Crippen molar-refractivity contribution in [2.75, 3.05) is 0 Å². The summed E-state index contributed by atoms with van der Waals surface area (Å²) in [4.78, 5) is 22.9. The number of halogens is 1. The van der Waals surface area contributed by atoms with Crippen LogP contribution in [0.25, 0.3) is 0 Å². The smallest absolute Gasteiger partial charge is 0.353 e. The lowest BCUT2D eigenvalue weighted by Gasteiger charge is -2.05. The second-order valence-corrected chi connectivity index (χ2v) is 5.12. The zero-order valence-electron chi connectivity index (χ0n) is 8.92. The molecule has 0 amide bonds. The summed E-state index contributed by atoms with van der Waals surface area (Å²) < 4.78 is 5.58. The van der Waals surface area contributed by atoms with E-state index < -0.39 is 11.9 Å². The normalized spacial score (nSPS) is 10.1. The molecule has 0 saturated carbocycles. The van der Waals surface area contributed by atoms with Crippen molar-refractivity contribution in [1.82, 2.24) is 0 Å². The minimum Gasteiger partial charge on any atom is -0.478 e. The van der Waals surface area contributed by atoms with E-state index in [4.69, 9.17) is 9.84 Å². The van der Waals surface area contributed by atoms with Gasteiger partial charge in [0.05, 0.1) is 10.0 Å². The highest BCUT2D eigenvalue weighted by atomic mass is 79.9. The Hall–Kier alpha value is -1.66. The number of esters is 1. The third-order valence-corrected chi connectivity index (χ3v) is 3.57. The molecule has 1 aromatic heterocycles. The summed E-state index contributed by atoms with van der Waals surface area (Å²) in [6, 6.07) is 7.62. The maximum atomic E-state index is 11.7. The van der Waals surface area contributed by atoms with E-state index in [1.54, 1.807) is 17.5 Å². The third kappa shape index (κ3) is 2.77. The quantitative estimate of drug-likeness (QED) is 0.693. The number of benzene rings is 1. The van der Waals surface area contributed by atoms with Crippen LogP contribution in [0.2, 0.25) is 0 Å². The van der Waals surface area contributed by atoms with Crippen molar-refractivity contribution in [1.29, 1.82) is 0 Å². The van der Waals surface area contributed by atoms with Crippen LogP contribution < -0.4 is 4.74 Å². The van der Waals surface area contributed by atoms with Crippen LogP contribution in [0, 0.1) is 0 Å². The maximum Gasteiger partial charge on any atom is 0.353 e. The van der Waals surface area contributed by atoms with Gasteiger partial charge in [-0.3, -0.25) is 0 Å². The van der Waals surface area contributed by atoms with Gasteiger partial charge in [0, 0.05) is 0 Å². The van der Waals surface area contributed by atoms with Gasteiger partial charge in [-0.2, -0.15) is 0 Å². The molecular formula is C12H7BrO4S. The monoisotopic (exact) mass is 326 g/mol. The van der Waals surface area contributed by atoms with Crippen LogP contribution in [0.15, 0.2) is 40.2 Å². The highest BCUT2D eigenvalue weighted by molar-refractivity contribution is 9.10. The molecule has 1 aromatic carbocycles. The predicted molar refractivity (Wildman–Crippen MR) is 70.4 cm³/mol. The lowest BCUT2D eigenvalue weighted by Crippen LogP contribution is -2.07. The first-order chi connectivity index (χ1) is 8.58. The highest BCUT2D eigenvalue weighted by Crippen LogP contribution is 2.27. The molecule has 2 rings (SSSR count). The molecule has 0 aliphatic carbocycles. The number of carboxylic acid groups (broad SMARTS) is 1. The van der Waals surface area contributed by atoms with Gasteiger partial charge in [-0.25, -0.2) is 9.59 Å². The lowest BCUT2D eigenvalue weighted by molar-refractivity contribution is 0.0696. The Morgan fingerprint density at radius 1 is 1.28 bits per heavy atom. The van der Waals surface area contributed by atoms with Crippen molar-refractivity contribution in [3.05, 3.63) is 50.6 Å². The summed E-state index contributed by atoms with van der Waals surface area (Å²) in [7, 11) is 0. The fourth-order valence-electron chi connectivity index (χ4n) is 1.26. The molecule has 0 aliphatic heterocycles. The Kier molecular flexibility index (Phi) is 3.78. The second kappa shape index (κ2) is 5.32.